The lowest BCUT2D eigenvalue weighted by Gasteiger charge is -2.62. The summed E-state index contributed by atoms with van der Waals surface area (Å²) in [6.07, 6.45) is 3.35. The molecule has 5 nitrogen and oxygen atoms in total. The summed E-state index contributed by atoms with van der Waals surface area (Å²) in [6, 6.07) is 3.52. The molecule has 4 atom stereocenters. The monoisotopic (exact) mass is 327 g/mol. The molecule has 126 valence electrons. The fourth-order valence-corrected chi connectivity index (χ4v) is 5.80. The van der Waals surface area contributed by atoms with Crippen molar-refractivity contribution in [3.63, 3.8) is 0 Å². The summed E-state index contributed by atoms with van der Waals surface area (Å²) in [5.74, 6) is 0.528. The third kappa shape index (κ3) is 1.38. The highest BCUT2D eigenvalue weighted by Gasteiger charge is 2.72. The van der Waals surface area contributed by atoms with Crippen LogP contribution in [0.5, 0.6) is 11.5 Å². The van der Waals surface area contributed by atoms with Gasteiger partial charge in [0.05, 0.1) is 11.0 Å². The Morgan fingerprint density at radius 1 is 1.42 bits per heavy atom. The fourth-order valence-electron chi connectivity index (χ4n) is 5.80. The highest BCUT2D eigenvalue weighted by Crippen LogP contribution is 2.64. The number of likely N-dealkylation sites (tertiary alicyclic amines) is 1. The third-order valence-corrected chi connectivity index (χ3v) is 6.73. The van der Waals surface area contributed by atoms with Crippen molar-refractivity contribution in [3.05, 3.63) is 35.9 Å². The summed E-state index contributed by atoms with van der Waals surface area (Å²) < 4.78 is 5.98. The molecule has 0 amide bonds. The van der Waals surface area contributed by atoms with Gasteiger partial charge in [-0.3, -0.25) is 9.69 Å². The van der Waals surface area contributed by atoms with Crippen LogP contribution < -0.4 is 4.74 Å². The molecule has 0 unspecified atom stereocenters. The lowest BCUT2D eigenvalue weighted by molar-refractivity contribution is -0.187. The first-order valence-corrected chi connectivity index (χ1v) is 8.65. The number of aromatic hydroxyl groups is 1. The van der Waals surface area contributed by atoms with Gasteiger partial charge in [-0.2, -0.15) is 0 Å². The Kier molecular flexibility index (Phi) is 2.66. The van der Waals surface area contributed by atoms with Crippen LogP contribution in [0.2, 0.25) is 0 Å². The van der Waals surface area contributed by atoms with Crippen LogP contribution in [0.3, 0.4) is 0 Å². The first kappa shape index (κ1) is 14.5. The van der Waals surface area contributed by atoms with Gasteiger partial charge in [-0.15, -0.1) is 6.58 Å². The highest BCUT2D eigenvalue weighted by atomic mass is 16.5. The number of carbonyl (C=O) groups is 1. The summed E-state index contributed by atoms with van der Waals surface area (Å²) in [4.78, 5) is 14.9. The molecule has 2 aliphatic heterocycles. The number of piperidine rings is 1. The van der Waals surface area contributed by atoms with E-state index in [1.165, 1.54) is 0 Å². The second-order valence-electron chi connectivity index (χ2n) is 7.56. The minimum absolute atomic E-state index is 0.0408. The number of carbonyl (C=O) groups excluding carboxylic acids is 1. The number of hydrogen-bond acceptors (Lipinski definition) is 5. The van der Waals surface area contributed by atoms with Crippen LogP contribution in [-0.4, -0.2) is 51.7 Å². The first-order valence-electron chi connectivity index (χ1n) is 8.65. The number of phenols is 1. The van der Waals surface area contributed by atoms with Gasteiger partial charge in [0, 0.05) is 31.1 Å². The molecule has 5 heteroatoms. The maximum Gasteiger partial charge on any atom is 0.174 e. The lowest BCUT2D eigenvalue weighted by Crippen LogP contribution is -2.76. The van der Waals surface area contributed by atoms with Gasteiger partial charge in [0.25, 0.3) is 0 Å². The average Bonchev–Trinajstić information content (AvgIpc) is 2.91. The molecule has 4 aliphatic rings. The normalized spacial score (nSPS) is 39.3. The molecule has 1 saturated heterocycles. The Hall–Kier alpha value is -1.85. The van der Waals surface area contributed by atoms with E-state index in [-0.39, 0.29) is 17.6 Å². The van der Waals surface area contributed by atoms with Crippen LogP contribution in [-0.2, 0) is 16.6 Å². The van der Waals surface area contributed by atoms with Crippen molar-refractivity contribution >= 4 is 5.78 Å². The molecule has 2 heterocycles. The molecular weight excluding hydrogens is 306 g/mol. The predicted molar refractivity (Wildman–Crippen MR) is 87.3 cm³/mol. The van der Waals surface area contributed by atoms with Gasteiger partial charge in [0.2, 0.25) is 0 Å². The van der Waals surface area contributed by atoms with Gasteiger partial charge in [-0.1, -0.05) is 12.1 Å². The Morgan fingerprint density at radius 3 is 3.04 bits per heavy atom. The second kappa shape index (κ2) is 4.41. The van der Waals surface area contributed by atoms with Crippen LogP contribution in [0.1, 0.15) is 30.4 Å². The largest absolute Gasteiger partial charge is 0.504 e. The topological polar surface area (TPSA) is 70.0 Å². The van der Waals surface area contributed by atoms with Crippen LogP contribution >= 0.6 is 0 Å². The number of benzene rings is 1. The summed E-state index contributed by atoms with van der Waals surface area (Å²) in [5, 5.41) is 22.1. The first-order chi connectivity index (χ1) is 11.5. The van der Waals surface area contributed by atoms with E-state index in [1.807, 2.05) is 12.1 Å². The number of nitrogens with zero attached hydrogens (tertiary/aromatic N) is 1. The van der Waals surface area contributed by atoms with E-state index >= 15 is 0 Å². The Morgan fingerprint density at radius 2 is 2.25 bits per heavy atom. The molecule has 1 spiro atoms. The number of phenolic OH excluding ortho intramolecular Hbond substituents is 1. The molecule has 1 aromatic rings. The van der Waals surface area contributed by atoms with E-state index in [0.29, 0.717) is 31.4 Å². The number of Topliss-reactive ketones (excluding diaryl/α,β-unsaturated/α-hetero) is 1. The molecule has 1 aromatic carbocycles. The quantitative estimate of drug-likeness (QED) is 0.802. The predicted octanol–water partition coefficient (Wildman–Crippen LogP) is 1.30. The number of rotatable bonds is 2. The summed E-state index contributed by atoms with van der Waals surface area (Å²) in [7, 11) is 0. The third-order valence-electron chi connectivity index (χ3n) is 6.73. The van der Waals surface area contributed by atoms with Crippen molar-refractivity contribution < 1.29 is 19.7 Å². The van der Waals surface area contributed by atoms with Gasteiger partial charge < -0.3 is 14.9 Å². The average molecular weight is 327 g/mol. The molecule has 5 rings (SSSR count). The van der Waals surface area contributed by atoms with E-state index in [1.54, 1.807) is 6.07 Å². The molecule has 2 bridgehead atoms. The highest BCUT2D eigenvalue weighted by molar-refractivity contribution is 5.90. The van der Waals surface area contributed by atoms with Crippen molar-refractivity contribution in [2.45, 2.75) is 48.8 Å². The van der Waals surface area contributed by atoms with E-state index in [4.69, 9.17) is 4.74 Å². The Balaban J connectivity index is 1.80. The number of aliphatic hydroxyl groups is 1. The molecule has 0 radical (unpaired) electrons. The zero-order valence-corrected chi connectivity index (χ0v) is 13.5. The minimum atomic E-state index is -1.00. The smallest absolute Gasteiger partial charge is 0.174 e. The van der Waals surface area contributed by atoms with Crippen LogP contribution in [0.4, 0.5) is 0 Å². The molecule has 2 fully saturated rings. The van der Waals surface area contributed by atoms with Gasteiger partial charge in [-0.25, -0.2) is 0 Å². The van der Waals surface area contributed by atoms with Crippen molar-refractivity contribution in [2.75, 3.05) is 13.1 Å². The van der Waals surface area contributed by atoms with Crippen molar-refractivity contribution in [1.29, 1.82) is 0 Å². The Bertz CT molecular complexity index is 775. The van der Waals surface area contributed by atoms with E-state index < -0.39 is 17.1 Å². The summed E-state index contributed by atoms with van der Waals surface area (Å²) in [6.45, 7) is 5.36. The van der Waals surface area contributed by atoms with E-state index in [0.717, 1.165) is 24.2 Å². The van der Waals surface area contributed by atoms with E-state index in [2.05, 4.69) is 11.5 Å². The molecule has 2 N–H and O–H groups in total. The van der Waals surface area contributed by atoms with Crippen LogP contribution in [0, 0.1) is 0 Å². The Labute approximate surface area is 140 Å². The zero-order valence-electron chi connectivity index (χ0n) is 13.5. The molecule has 0 aromatic heterocycles. The van der Waals surface area contributed by atoms with Crippen LogP contribution in [0.15, 0.2) is 24.8 Å². The number of ether oxygens (including phenoxy) is 1. The van der Waals surface area contributed by atoms with E-state index in [9.17, 15) is 15.0 Å². The van der Waals surface area contributed by atoms with Gasteiger partial charge >= 0.3 is 0 Å². The molecule has 2 aliphatic carbocycles. The lowest BCUT2D eigenvalue weighted by atomic mass is 9.49. The second-order valence-corrected chi connectivity index (χ2v) is 7.56. The number of hydrogen-bond donors (Lipinski definition) is 2. The van der Waals surface area contributed by atoms with Crippen molar-refractivity contribution in [1.82, 2.24) is 4.90 Å². The van der Waals surface area contributed by atoms with Gasteiger partial charge in [-0.05, 0) is 30.9 Å². The SMILES string of the molecule is C=CCN1CC[C@]23c4c5ccc(O)c4O[C@@H]2C(=O)CC[C@]3(O)[C@@H]1C5. The van der Waals surface area contributed by atoms with Crippen LogP contribution in [0.25, 0.3) is 0 Å². The fraction of sp³-hybridized carbons (Fsp3) is 0.526. The molecule has 1 saturated carbocycles. The molecule has 24 heavy (non-hydrogen) atoms. The minimum Gasteiger partial charge on any atom is -0.504 e. The molecular formula is C19H21NO4. The standard InChI is InChI=1S/C19H21NO4/c1-2-8-20-9-7-18-15-11-3-4-12(21)16(15)24-17(18)13(22)5-6-19(18,23)14(20)10-11/h2-4,14,17,21,23H,1,5-10H2/t14-,17+,18-,19-/m0/s1. The van der Waals surface area contributed by atoms with Crippen molar-refractivity contribution in [3.8, 4) is 11.5 Å². The number of ketones is 1. The van der Waals surface area contributed by atoms with Crippen molar-refractivity contribution in [2.24, 2.45) is 0 Å². The zero-order chi connectivity index (χ0) is 16.7. The summed E-state index contributed by atoms with van der Waals surface area (Å²) in [5.41, 5.74) is 0.256. The van der Waals surface area contributed by atoms with Gasteiger partial charge in [0.15, 0.2) is 23.4 Å². The maximum absolute atomic E-state index is 12.6. The maximum atomic E-state index is 12.6. The van der Waals surface area contributed by atoms with Gasteiger partial charge in [0.1, 0.15) is 0 Å². The summed E-state index contributed by atoms with van der Waals surface area (Å²) >= 11 is 0.